The van der Waals surface area contributed by atoms with Crippen LogP contribution in [0.1, 0.15) is 0 Å². The summed E-state index contributed by atoms with van der Waals surface area (Å²) in [5.41, 5.74) is 2.42. The van der Waals surface area contributed by atoms with E-state index in [-0.39, 0.29) is 0 Å². The molecule has 0 saturated carbocycles. The molecule has 0 aliphatic heterocycles. The predicted molar refractivity (Wildman–Crippen MR) is 81.1 cm³/mol. The van der Waals surface area contributed by atoms with Gasteiger partial charge in [-0.05, 0) is 32.3 Å². The Labute approximate surface area is 119 Å². The van der Waals surface area contributed by atoms with E-state index in [1.807, 2.05) is 18.4 Å². The van der Waals surface area contributed by atoms with Gasteiger partial charge < -0.3 is 4.74 Å². The minimum Gasteiger partial charge on any atom is -0.457 e. The van der Waals surface area contributed by atoms with E-state index in [2.05, 4.69) is 4.98 Å². The summed E-state index contributed by atoms with van der Waals surface area (Å²) in [6.45, 7) is 0. The van der Waals surface area contributed by atoms with Crippen LogP contribution in [-0.4, -0.2) is 28.9 Å². The molecule has 2 rings (SSSR count). The average Bonchev–Trinajstić information content (AvgIpc) is 2.27. The highest BCUT2D eigenvalue weighted by molar-refractivity contribution is 7.95. The number of thiol groups is 1. The van der Waals surface area contributed by atoms with Gasteiger partial charge in [0.1, 0.15) is 11.3 Å². The van der Waals surface area contributed by atoms with Crippen LogP contribution < -0.4 is 4.74 Å². The first-order chi connectivity index (χ1) is 8.58. The van der Waals surface area contributed by atoms with Crippen LogP contribution in [0.4, 0.5) is 0 Å². The second kappa shape index (κ2) is 5.89. The quantitative estimate of drug-likeness (QED) is 0.692. The zero-order valence-electron chi connectivity index (χ0n) is 9.89. The molecule has 0 fully saturated rings. The SMILES string of the molecule is CN(C)[SH]=COc1ccnc2cc(Cl)cc(Cl)c12. The highest BCUT2D eigenvalue weighted by Gasteiger charge is 2.08. The molecule has 0 unspecified atom stereocenters. The van der Waals surface area contributed by atoms with Crippen molar-refractivity contribution in [2.75, 3.05) is 14.1 Å². The fourth-order valence-electron chi connectivity index (χ4n) is 1.45. The van der Waals surface area contributed by atoms with Crippen molar-refractivity contribution < 1.29 is 4.74 Å². The molecule has 0 atom stereocenters. The number of nitrogens with zero attached hydrogens (tertiary/aromatic N) is 2. The highest BCUT2D eigenvalue weighted by Crippen LogP contribution is 2.33. The van der Waals surface area contributed by atoms with Crippen molar-refractivity contribution in [1.29, 1.82) is 0 Å². The van der Waals surface area contributed by atoms with Crippen molar-refractivity contribution in [3.05, 3.63) is 34.4 Å². The minimum atomic E-state index is 0.538. The third-order valence-electron chi connectivity index (χ3n) is 2.18. The number of benzene rings is 1. The van der Waals surface area contributed by atoms with Gasteiger partial charge in [-0.15, -0.1) is 0 Å². The molecule has 0 bridgehead atoms. The van der Waals surface area contributed by atoms with Gasteiger partial charge in [0.2, 0.25) is 0 Å². The number of aromatic nitrogens is 1. The standard InChI is InChI=1S/C12H12Cl2N2OS/c1-16(2)18-7-17-11-3-4-15-10-6-8(13)5-9(14)12(10)11/h3-7,18H,1-2H3. The van der Waals surface area contributed by atoms with Gasteiger partial charge in [0, 0.05) is 11.2 Å². The molecule has 2 aromatic rings. The van der Waals surface area contributed by atoms with E-state index in [0.29, 0.717) is 15.8 Å². The van der Waals surface area contributed by atoms with Gasteiger partial charge >= 0.3 is 0 Å². The number of ether oxygens (including phenoxy) is 1. The molecule has 0 amide bonds. The molecular weight excluding hydrogens is 291 g/mol. The topological polar surface area (TPSA) is 25.4 Å². The molecule has 0 radical (unpaired) electrons. The molecule has 1 aromatic heterocycles. The Hall–Kier alpha value is -0.810. The van der Waals surface area contributed by atoms with Crippen LogP contribution in [0.15, 0.2) is 24.4 Å². The van der Waals surface area contributed by atoms with E-state index in [9.17, 15) is 0 Å². The lowest BCUT2D eigenvalue weighted by Crippen LogP contribution is -1.98. The monoisotopic (exact) mass is 302 g/mol. The summed E-state index contributed by atoms with van der Waals surface area (Å²) >= 11 is 13.1. The number of hydrogen-bond acceptors (Lipinski definition) is 3. The average molecular weight is 303 g/mol. The van der Waals surface area contributed by atoms with Crippen LogP contribution in [0.25, 0.3) is 10.9 Å². The van der Waals surface area contributed by atoms with E-state index in [0.717, 1.165) is 22.4 Å². The van der Waals surface area contributed by atoms with Gasteiger partial charge in [0.05, 0.1) is 15.9 Å². The summed E-state index contributed by atoms with van der Waals surface area (Å²) in [5.74, 6) is 0.677. The van der Waals surface area contributed by atoms with E-state index in [4.69, 9.17) is 27.9 Å². The maximum Gasteiger partial charge on any atom is 0.139 e. The molecule has 0 N–H and O–H groups in total. The van der Waals surface area contributed by atoms with Crippen molar-refractivity contribution in [2.45, 2.75) is 0 Å². The molecule has 0 aliphatic rings. The summed E-state index contributed by atoms with van der Waals surface area (Å²) in [4.78, 5) is 4.23. The van der Waals surface area contributed by atoms with Crippen molar-refractivity contribution in [1.82, 2.24) is 9.29 Å². The Morgan fingerprint density at radius 2 is 2.11 bits per heavy atom. The smallest absolute Gasteiger partial charge is 0.139 e. The van der Waals surface area contributed by atoms with Crippen LogP contribution in [0, 0.1) is 0 Å². The first kappa shape index (κ1) is 13.6. The number of hydrogen-bond donors (Lipinski definition) is 1. The van der Waals surface area contributed by atoms with Gasteiger partial charge in [-0.25, -0.2) is 0 Å². The first-order valence-electron chi connectivity index (χ1n) is 5.18. The van der Waals surface area contributed by atoms with Gasteiger partial charge in [-0.1, -0.05) is 34.7 Å². The Balaban J connectivity index is 2.45. The van der Waals surface area contributed by atoms with Crippen LogP contribution in [0.3, 0.4) is 0 Å². The van der Waals surface area contributed by atoms with Crippen molar-refractivity contribution in [3.8, 4) is 5.75 Å². The zero-order chi connectivity index (χ0) is 13.1. The molecule has 0 aliphatic carbocycles. The maximum atomic E-state index is 6.18. The Morgan fingerprint density at radius 1 is 1.33 bits per heavy atom. The normalized spacial score (nSPS) is 12.1. The zero-order valence-corrected chi connectivity index (χ0v) is 12.3. The third-order valence-corrected chi connectivity index (χ3v) is 3.36. The highest BCUT2D eigenvalue weighted by atomic mass is 35.5. The summed E-state index contributed by atoms with van der Waals surface area (Å²) in [6.07, 6.45) is 1.67. The van der Waals surface area contributed by atoms with Crippen molar-refractivity contribution in [2.24, 2.45) is 0 Å². The molecule has 0 saturated heterocycles. The molecule has 1 heterocycles. The lowest BCUT2D eigenvalue weighted by Gasteiger charge is -2.08. The molecule has 0 spiro atoms. The van der Waals surface area contributed by atoms with Crippen molar-refractivity contribution >= 4 is 51.2 Å². The summed E-state index contributed by atoms with van der Waals surface area (Å²) in [6, 6.07) is 5.23. The van der Waals surface area contributed by atoms with Crippen LogP contribution in [0.2, 0.25) is 10.0 Å². The number of pyridine rings is 1. The van der Waals surface area contributed by atoms with Gasteiger partial charge in [-0.3, -0.25) is 9.29 Å². The van der Waals surface area contributed by atoms with Gasteiger partial charge in [0.15, 0.2) is 0 Å². The molecule has 96 valence electrons. The molecule has 6 heteroatoms. The molecule has 3 nitrogen and oxygen atoms in total. The summed E-state index contributed by atoms with van der Waals surface area (Å²) < 4.78 is 7.58. The lowest BCUT2D eigenvalue weighted by atomic mass is 10.2. The Morgan fingerprint density at radius 3 is 2.83 bits per heavy atom. The Kier molecular flexibility index (Phi) is 4.45. The summed E-state index contributed by atoms with van der Waals surface area (Å²) in [7, 11) is 3.91. The molecule has 1 aromatic carbocycles. The number of fused-ring (bicyclic) bond motifs is 1. The fourth-order valence-corrected chi connectivity index (χ4v) is 2.37. The fraction of sp³-hybridized carbons (Fsp3) is 0.167. The summed E-state index contributed by atoms with van der Waals surface area (Å²) in [5, 5.41) is 1.87. The largest absolute Gasteiger partial charge is 0.457 e. The second-order valence-electron chi connectivity index (χ2n) is 3.78. The van der Waals surface area contributed by atoms with E-state index in [1.165, 1.54) is 0 Å². The number of rotatable bonds is 3. The minimum absolute atomic E-state index is 0.538. The molecular formula is C12H12Cl2N2OS. The Bertz CT molecular complexity index is 602. The maximum absolute atomic E-state index is 6.18. The van der Waals surface area contributed by atoms with E-state index >= 15 is 0 Å². The van der Waals surface area contributed by atoms with Gasteiger partial charge in [0.25, 0.3) is 0 Å². The van der Waals surface area contributed by atoms with E-state index < -0.39 is 0 Å². The van der Waals surface area contributed by atoms with Crippen LogP contribution in [0.5, 0.6) is 5.75 Å². The van der Waals surface area contributed by atoms with Crippen LogP contribution in [-0.2, 0) is 0 Å². The third kappa shape index (κ3) is 3.14. The lowest BCUT2D eigenvalue weighted by molar-refractivity contribution is 0.590. The predicted octanol–water partition coefficient (Wildman–Crippen LogP) is 3.62. The first-order valence-corrected chi connectivity index (χ1v) is 6.85. The van der Waals surface area contributed by atoms with Crippen molar-refractivity contribution in [3.63, 3.8) is 0 Å². The van der Waals surface area contributed by atoms with E-state index in [1.54, 1.807) is 29.9 Å². The second-order valence-corrected chi connectivity index (χ2v) is 5.86. The number of halogens is 2. The molecule has 18 heavy (non-hydrogen) atoms. The van der Waals surface area contributed by atoms with Gasteiger partial charge in [-0.2, -0.15) is 0 Å². The van der Waals surface area contributed by atoms with Crippen LogP contribution >= 0.6 is 34.7 Å².